The van der Waals surface area contributed by atoms with Crippen molar-refractivity contribution >= 4 is 28.9 Å². The highest BCUT2D eigenvalue weighted by Gasteiger charge is 2.24. The molecule has 2 N–H and O–H groups in total. The Bertz CT molecular complexity index is 954. The van der Waals surface area contributed by atoms with Gasteiger partial charge in [0.15, 0.2) is 0 Å². The van der Waals surface area contributed by atoms with Crippen LogP contribution >= 0.6 is 0 Å². The van der Waals surface area contributed by atoms with Crippen LogP contribution in [0.15, 0.2) is 42.5 Å². The van der Waals surface area contributed by atoms with Crippen molar-refractivity contribution in [2.75, 3.05) is 48.4 Å². The molecule has 0 radical (unpaired) electrons. The van der Waals surface area contributed by atoms with E-state index in [0.717, 1.165) is 56.1 Å². The van der Waals surface area contributed by atoms with E-state index in [1.165, 1.54) is 0 Å². The highest BCUT2D eigenvalue weighted by molar-refractivity contribution is 6.02. The molecule has 0 aromatic heterocycles. The van der Waals surface area contributed by atoms with Crippen molar-refractivity contribution < 1.29 is 14.3 Å². The van der Waals surface area contributed by atoms with Crippen molar-refractivity contribution in [2.45, 2.75) is 46.1 Å². The van der Waals surface area contributed by atoms with Gasteiger partial charge in [-0.05, 0) is 50.1 Å². The van der Waals surface area contributed by atoms with Crippen LogP contribution < -0.4 is 25.2 Å². The molecule has 0 saturated carbocycles. The number of anilines is 3. The first-order valence-corrected chi connectivity index (χ1v) is 11.8. The van der Waals surface area contributed by atoms with Gasteiger partial charge in [-0.15, -0.1) is 0 Å². The number of hydrogen-bond donors (Lipinski definition) is 2. The third-order valence-corrected chi connectivity index (χ3v) is 6.04. The fraction of sp³-hybridized carbons (Fsp3) is 0.462. The van der Waals surface area contributed by atoms with Crippen LogP contribution in [0.2, 0.25) is 0 Å². The molecular formula is C26H36N4O3. The number of nitrogens with zero attached hydrogens (tertiary/aromatic N) is 2. The van der Waals surface area contributed by atoms with Gasteiger partial charge >= 0.3 is 0 Å². The molecule has 1 heterocycles. The molecule has 7 nitrogen and oxygen atoms in total. The molecule has 2 amide bonds. The summed E-state index contributed by atoms with van der Waals surface area (Å²) in [6.45, 7) is 9.22. The number of hydrogen-bond acceptors (Lipinski definition) is 5. The van der Waals surface area contributed by atoms with E-state index in [1.807, 2.05) is 51.1 Å². The van der Waals surface area contributed by atoms with Crippen LogP contribution in [-0.2, 0) is 4.79 Å². The summed E-state index contributed by atoms with van der Waals surface area (Å²) in [6.07, 6.45) is 2.09. The molecule has 7 heteroatoms. The molecule has 3 rings (SSSR count). The van der Waals surface area contributed by atoms with Crippen LogP contribution in [0.25, 0.3) is 0 Å². The summed E-state index contributed by atoms with van der Waals surface area (Å²) in [6, 6.07) is 13.8. The Kier molecular flexibility index (Phi) is 8.58. The maximum atomic E-state index is 13.1. The largest absolute Gasteiger partial charge is 0.495 e. The molecule has 33 heavy (non-hydrogen) atoms. The fourth-order valence-corrected chi connectivity index (χ4v) is 4.00. The van der Waals surface area contributed by atoms with Crippen molar-refractivity contribution in [1.82, 2.24) is 5.32 Å². The summed E-state index contributed by atoms with van der Waals surface area (Å²) < 4.78 is 5.53. The normalized spacial score (nSPS) is 14.5. The second-order valence-corrected chi connectivity index (χ2v) is 8.46. The Morgan fingerprint density at radius 1 is 1.00 bits per heavy atom. The molecule has 1 aliphatic rings. The van der Waals surface area contributed by atoms with E-state index >= 15 is 0 Å². The van der Waals surface area contributed by atoms with Gasteiger partial charge in [0.2, 0.25) is 5.91 Å². The van der Waals surface area contributed by atoms with Crippen molar-refractivity contribution in [3.05, 3.63) is 48.0 Å². The van der Waals surface area contributed by atoms with E-state index in [9.17, 15) is 9.59 Å². The number of ether oxygens (including phenoxy) is 1. The zero-order valence-electron chi connectivity index (χ0n) is 20.2. The maximum Gasteiger partial charge on any atom is 0.253 e. The van der Waals surface area contributed by atoms with Crippen LogP contribution in [0.5, 0.6) is 5.75 Å². The standard InChI is InChI=1S/C26H36N4O3/c1-5-9-25(31)28-20-12-13-22(21(18-20)26(32)27-19(3)6-2)29-14-16-30(17-15-29)23-10-7-8-11-24(23)33-4/h7-8,10-13,18-19H,5-6,9,14-17H2,1-4H3,(H,27,32)(H,28,31). The minimum atomic E-state index is -0.113. The van der Waals surface area contributed by atoms with Crippen LogP contribution in [0, 0.1) is 0 Å². The summed E-state index contributed by atoms with van der Waals surface area (Å²) in [4.78, 5) is 29.8. The molecular weight excluding hydrogens is 416 g/mol. The number of amides is 2. The number of carbonyl (C=O) groups is 2. The summed E-state index contributed by atoms with van der Waals surface area (Å²) in [5.74, 6) is 0.716. The zero-order chi connectivity index (χ0) is 23.8. The first-order valence-electron chi connectivity index (χ1n) is 11.8. The lowest BCUT2D eigenvalue weighted by Gasteiger charge is -2.38. The van der Waals surface area contributed by atoms with Crippen molar-refractivity contribution in [3.8, 4) is 5.75 Å². The third kappa shape index (κ3) is 6.18. The fourth-order valence-electron chi connectivity index (χ4n) is 4.00. The average Bonchev–Trinajstić information content (AvgIpc) is 2.84. The Morgan fingerprint density at radius 3 is 2.30 bits per heavy atom. The number of para-hydroxylation sites is 2. The van der Waals surface area contributed by atoms with Gasteiger partial charge < -0.3 is 25.2 Å². The Labute approximate surface area is 197 Å². The van der Waals surface area contributed by atoms with Gasteiger partial charge in [-0.25, -0.2) is 0 Å². The third-order valence-electron chi connectivity index (χ3n) is 6.04. The zero-order valence-corrected chi connectivity index (χ0v) is 20.2. The average molecular weight is 453 g/mol. The van der Waals surface area contributed by atoms with Crippen molar-refractivity contribution in [2.24, 2.45) is 0 Å². The number of carbonyl (C=O) groups excluding carboxylic acids is 2. The molecule has 1 saturated heterocycles. The van der Waals surface area contributed by atoms with Crippen LogP contribution in [-0.4, -0.2) is 51.1 Å². The molecule has 1 atom stereocenters. The topological polar surface area (TPSA) is 73.9 Å². The molecule has 0 aliphatic carbocycles. The molecule has 1 aliphatic heterocycles. The van der Waals surface area contributed by atoms with E-state index in [-0.39, 0.29) is 17.9 Å². The minimum absolute atomic E-state index is 0.0380. The molecule has 0 bridgehead atoms. The first kappa shape index (κ1) is 24.4. The lowest BCUT2D eigenvalue weighted by atomic mass is 10.1. The predicted octanol–water partition coefficient (Wildman–Crippen LogP) is 4.29. The molecule has 2 aromatic rings. The monoisotopic (exact) mass is 452 g/mol. The SMILES string of the molecule is CCCC(=O)Nc1ccc(N2CCN(c3ccccc3OC)CC2)c(C(=O)NC(C)CC)c1. The van der Waals surface area contributed by atoms with E-state index < -0.39 is 0 Å². The number of methoxy groups -OCH3 is 1. The van der Waals surface area contributed by atoms with Gasteiger partial charge in [-0.3, -0.25) is 9.59 Å². The lowest BCUT2D eigenvalue weighted by Crippen LogP contribution is -2.47. The Balaban J connectivity index is 1.81. The molecule has 1 fully saturated rings. The maximum absolute atomic E-state index is 13.1. The van der Waals surface area contributed by atoms with Crippen molar-refractivity contribution in [3.63, 3.8) is 0 Å². The number of benzene rings is 2. The molecule has 0 spiro atoms. The first-order chi connectivity index (χ1) is 16.0. The van der Waals surface area contributed by atoms with E-state index in [1.54, 1.807) is 13.2 Å². The van der Waals surface area contributed by atoms with Gasteiger partial charge in [-0.2, -0.15) is 0 Å². The van der Waals surface area contributed by atoms with Gasteiger partial charge in [0.25, 0.3) is 5.91 Å². The highest BCUT2D eigenvalue weighted by Crippen LogP contribution is 2.31. The minimum Gasteiger partial charge on any atom is -0.495 e. The van der Waals surface area contributed by atoms with Crippen molar-refractivity contribution in [1.29, 1.82) is 0 Å². The Morgan fingerprint density at radius 2 is 1.67 bits per heavy atom. The summed E-state index contributed by atoms with van der Waals surface area (Å²) in [5, 5.41) is 5.99. The van der Waals surface area contributed by atoms with E-state index in [2.05, 4.69) is 26.5 Å². The highest BCUT2D eigenvalue weighted by atomic mass is 16.5. The van der Waals surface area contributed by atoms with Gasteiger partial charge in [0, 0.05) is 50.0 Å². The molecule has 2 aromatic carbocycles. The van der Waals surface area contributed by atoms with E-state index in [4.69, 9.17) is 4.74 Å². The van der Waals surface area contributed by atoms with Crippen LogP contribution in [0.4, 0.5) is 17.1 Å². The number of piperazine rings is 1. The van der Waals surface area contributed by atoms with E-state index in [0.29, 0.717) is 17.7 Å². The molecule has 1 unspecified atom stereocenters. The lowest BCUT2D eigenvalue weighted by molar-refractivity contribution is -0.116. The van der Waals surface area contributed by atoms with Gasteiger partial charge in [-0.1, -0.05) is 26.0 Å². The summed E-state index contributed by atoms with van der Waals surface area (Å²) >= 11 is 0. The smallest absolute Gasteiger partial charge is 0.253 e. The van der Waals surface area contributed by atoms with Gasteiger partial charge in [0.1, 0.15) is 5.75 Å². The number of rotatable bonds is 9. The Hall–Kier alpha value is -3.22. The van der Waals surface area contributed by atoms with Gasteiger partial charge in [0.05, 0.1) is 18.4 Å². The molecule has 178 valence electrons. The second-order valence-electron chi connectivity index (χ2n) is 8.46. The number of nitrogens with one attached hydrogen (secondary N) is 2. The quantitative estimate of drug-likeness (QED) is 0.594. The summed E-state index contributed by atoms with van der Waals surface area (Å²) in [5.41, 5.74) is 3.22. The van der Waals surface area contributed by atoms with Crippen LogP contribution in [0.3, 0.4) is 0 Å². The van der Waals surface area contributed by atoms with Crippen LogP contribution in [0.1, 0.15) is 50.4 Å². The predicted molar refractivity (Wildman–Crippen MR) is 135 cm³/mol. The second kappa shape index (κ2) is 11.6. The summed E-state index contributed by atoms with van der Waals surface area (Å²) in [7, 11) is 1.69.